The van der Waals surface area contributed by atoms with Crippen LogP contribution in [0.25, 0.3) is 0 Å². The molecule has 0 saturated heterocycles. The first-order valence-electron chi connectivity index (χ1n) is 11.1. The van der Waals surface area contributed by atoms with Gasteiger partial charge in [0.15, 0.2) is 0 Å². The minimum atomic E-state index is -4.10. The Bertz CT molecular complexity index is 1360. The maximum atomic E-state index is 13.6. The summed E-state index contributed by atoms with van der Waals surface area (Å²) in [5.74, 6) is 0.234. The monoisotopic (exact) mass is 532 g/mol. The topological polar surface area (TPSA) is 75.7 Å². The van der Waals surface area contributed by atoms with Gasteiger partial charge in [-0.2, -0.15) is 0 Å². The molecule has 3 aromatic rings. The minimum absolute atomic E-state index is 0.0481. The molecule has 1 aliphatic heterocycles. The van der Waals surface area contributed by atoms with E-state index in [4.69, 9.17) is 27.9 Å². The number of sulfonamides is 1. The lowest BCUT2D eigenvalue weighted by molar-refractivity contribution is -0.120. The van der Waals surface area contributed by atoms with Crippen LogP contribution in [0.1, 0.15) is 37.4 Å². The lowest BCUT2D eigenvalue weighted by Gasteiger charge is -2.38. The first-order chi connectivity index (χ1) is 16.5. The van der Waals surface area contributed by atoms with Gasteiger partial charge in [-0.15, -0.1) is 0 Å². The van der Waals surface area contributed by atoms with Crippen molar-refractivity contribution >= 4 is 44.8 Å². The molecule has 9 heteroatoms. The third-order valence-electron chi connectivity index (χ3n) is 5.75. The SMILES string of the molecule is Cc1ccc2c(c1)C(NC(=O)CN(c1ccc(Cl)cc1Cl)S(=O)(=O)c1ccccc1)CC(C)(C)O2. The number of carbonyl (C=O) groups is 1. The molecule has 4 rings (SSSR count). The Morgan fingerprint density at radius 3 is 2.49 bits per heavy atom. The number of rotatable bonds is 6. The summed E-state index contributed by atoms with van der Waals surface area (Å²) < 4.78 is 34.3. The second kappa shape index (κ2) is 9.72. The van der Waals surface area contributed by atoms with Crippen molar-refractivity contribution < 1.29 is 17.9 Å². The highest BCUT2D eigenvalue weighted by atomic mass is 35.5. The Morgan fingerprint density at radius 2 is 1.80 bits per heavy atom. The third kappa shape index (κ3) is 5.58. The summed E-state index contributed by atoms with van der Waals surface area (Å²) in [7, 11) is -4.10. The summed E-state index contributed by atoms with van der Waals surface area (Å²) in [6, 6.07) is 17.9. The summed E-state index contributed by atoms with van der Waals surface area (Å²) in [6.45, 7) is 5.41. The van der Waals surface area contributed by atoms with Crippen LogP contribution in [0, 0.1) is 6.92 Å². The Hall–Kier alpha value is -2.74. The van der Waals surface area contributed by atoms with Crippen LogP contribution < -0.4 is 14.4 Å². The number of hydrogen-bond acceptors (Lipinski definition) is 4. The van der Waals surface area contributed by atoms with Gasteiger partial charge < -0.3 is 10.1 Å². The van der Waals surface area contributed by atoms with Crippen LogP contribution in [0.3, 0.4) is 0 Å². The highest BCUT2D eigenvalue weighted by Crippen LogP contribution is 2.40. The Labute approximate surface area is 215 Å². The molecule has 1 unspecified atom stereocenters. The number of hydrogen-bond donors (Lipinski definition) is 1. The fourth-order valence-electron chi connectivity index (χ4n) is 4.18. The number of ether oxygens (including phenoxy) is 1. The maximum Gasteiger partial charge on any atom is 0.264 e. The quantitative estimate of drug-likeness (QED) is 0.427. The minimum Gasteiger partial charge on any atom is -0.487 e. The zero-order valence-electron chi connectivity index (χ0n) is 19.6. The van der Waals surface area contributed by atoms with Gasteiger partial charge in [-0.3, -0.25) is 9.10 Å². The molecular weight excluding hydrogens is 507 g/mol. The van der Waals surface area contributed by atoms with Crippen molar-refractivity contribution in [2.45, 2.75) is 43.7 Å². The summed E-state index contributed by atoms with van der Waals surface area (Å²) in [4.78, 5) is 13.4. The number of anilines is 1. The Kier molecular flexibility index (Phi) is 7.04. The number of halogens is 2. The van der Waals surface area contributed by atoms with E-state index < -0.39 is 28.1 Å². The van der Waals surface area contributed by atoms with Crippen LogP contribution in [0.4, 0.5) is 5.69 Å². The molecule has 3 aromatic carbocycles. The molecule has 1 aliphatic rings. The molecule has 0 bridgehead atoms. The van der Waals surface area contributed by atoms with Crippen molar-refractivity contribution in [2.75, 3.05) is 10.8 Å². The van der Waals surface area contributed by atoms with Gasteiger partial charge in [0.1, 0.15) is 17.9 Å². The molecule has 35 heavy (non-hydrogen) atoms. The second-order valence-electron chi connectivity index (χ2n) is 9.15. The number of amides is 1. The predicted octanol–water partition coefficient (Wildman–Crippen LogP) is 5.92. The molecule has 1 amide bonds. The first-order valence-corrected chi connectivity index (χ1v) is 13.3. The Balaban J connectivity index is 1.68. The van der Waals surface area contributed by atoms with Crippen LogP contribution in [-0.4, -0.2) is 26.5 Å². The molecule has 0 saturated carbocycles. The van der Waals surface area contributed by atoms with Crippen molar-refractivity contribution in [3.63, 3.8) is 0 Å². The number of nitrogens with zero attached hydrogens (tertiary/aromatic N) is 1. The zero-order chi connectivity index (χ0) is 25.4. The standard InChI is InChI=1S/C26H26Cl2N2O4S/c1-17-9-12-24-20(13-17)22(15-26(2,3)34-24)29-25(31)16-30(23-11-10-18(27)14-21(23)28)35(32,33)19-7-5-4-6-8-19/h4-14,22H,15-16H2,1-3H3,(H,29,31). The van der Waals surface area contributed by atoms with Crippen molar-refractivity contribution in [1.29, 1.82) is 0 Å². The van der Waals surface area contributed by atoms with E-state index in [9.17, 15) is 13.2 Å². The smallest absolute Gasteiger partial charge is 0.264 e. The predicted molar refractivity (Wildman–Crippen MR) is 139 cm³/mol. The average molecular weight is 533 g/mol. The molecule has 1 atom stereocenters. The molecule has 0 radical (unpaired) electrons. The molecule has 0 spiro atoms. The van der Waals surface area contributed by atoms with E-state index in [-0.39, 0.29) is 21.6 Å². The van der Waals surface area contributed by atoms with E-state index in [1.807, 2.05) is 39.0 Å². The van der Waals surface area contributed by atoms with Crippen LogP contribution in [0.5, 0.6) is 5.75 Å². The Morgan fingerprint density at radius 1 is 1.09 bits per heavy atom. The van der Waals surface area contributed by atoms with Crippen molar-refractivity contribution in [1.82, 2.24) is 5.32 Å². The van der Waals surface area contributed by atoms with Crippen LogP contribution in [-0.2, 0) is 14.8 Å². The van der Waals surface area contributed by atoms with Gasteiger partial charge >= 0.3 is 0 Å². The largest absolute Gasteiger partial charge is 0.487 e. The van der Waals surface area contributed by atoms with Crippen molar-refractivity contribution in [3.05, 3.63) is 87.9 Å². The van der Waals surface area contributed by atoms with E-state index in [0.29, 0.717) is 17.2 Å². The van der Waals surface area contributed by atoms with E-state index in [0.717, 1.165) is 15.4 Å². The van der Waals surface area contributed by atoms with Gasteiger partial charge in [0.25, 0.3) is 10.0 Å². The van der Waals surface area contributed by atoms with Gasteiger partial charge in [-0.05, 0) is 57.2 Å². The van der Waals surface area contributed by atoms with Crippen molar-refractivity contribution in [2.24, 2.45) is 0 Å². The first kappa shape index (κ1) is 25.4. The maximum absolute atomic E-state index is 13.6. The summed E-state index contributed by atoms with van der Waals surface area (Å²) >= 11 is 12.4. The van der Waals surface area contributed by atoms with E-state index in [1.165, 1.54) is 30.3 Å². The van der Waals surface area contributed by atoms with Gasteiger partial charge in [0, 0.05) is 17.0 Å². The average Bonchev–Trinajstić information content (AvgIpc) is 2.78. The number of aryl methyl sites for hydroxylation is 1. The van der Waals surface area contributed by atoms with Gasteiger partial charge in [0.05, 0.1) is 21.6 Å². The van der Waals surface area contributed by atoms with Crippen LogP contribution in [0.2, 0.25) is 10.0 Å². The molecule has 1 heterocycles. The molecule has 0 aliphatic carbocycles. The van der Waals surface area contributed by atoms with Gasteiger partial charge in [-0.25, -0.2) is 8.42 Å². The zero-order valence-corrected chi connectivity index (χ0v) is 21.9. The molecule has 0 aromatic heterocycles. The van der Waals surface area contributed by atoms with Crippen molar-refractivity contribution in [3.8, 4) is 5.75 Å². The third-order valence-corrected chi connectivity index (χ3v) is 8.07. The number of nitrogens with one attached hydrogen (secondary N) is 1. The lowest BCUT2D eigenvalue weighted by atomic mass is 9.89. The summed E-state index contributed by atoms with van der Waals surface area (Å²) in [5.41, 5.74) is 1.56. The normalized spacial score (nSPS) is 16.7. The fourth-order valence-corrected chi connectivity index (χ4v) is 6.20. The fraction of sp³-hybridized carbons (Fsp3) is 0.269. The molecule has 0 fully saturated rings. The molecule has 1 N–H and O–H groups in total. The number of carbonyl (C=O) groups excluding carboxylic acids is 1. The highest BCUT2D eigenvalue weighted by Gasteiger charge is 2.36. The van der Waals surface area contributed by atoms with Gasteiger partial charge in [-0.1, -0.05) is 59.1 Å². The van der Waals surface area contributed by atoms with E-state index >= 15 is 0 Å². The molecule has 184 valence electrons. The number of benzene rings is 3. The van der Waals surface area contributed by atoms with E-state index in [1.54, 1.807) is 18.2 Å². The summed E-state index contributed by atoms with van der Waals surface area (Å²) in [6.07, 6.45) is 0.530. The van der Waals surface area contributed by atoms with Crippen LogP contribution >= 0.6 is 23.2 Å². The lowest BCUT2D eigenvalue weighted by Crippen LogP contribution is -2.45. The van der Waals surface area contributed by atoms with Crippen LogP contribution in [0.15, 0.2) is 71.6 Å². The molecule has 6 nitrogen and oxygen atoms in total. The highest BCUT2D eigenvalue weighted by molar-refractivity contribution is 7.92. The van der Waals surface area contributed by atoms with E-state index in [2.05, 4.69) is 5.32 Å². The summed E-state index contributed by atoms with van der Waals surface area (Å²) in [5, 5.41) is 3.50. The second-order valence-corrected chi connectivity index (χ2v) is 11.9. The van der Waals surface area contributed by atoms with Gasteiger partial charge in [0.2, 0.25) is 5.91 Å². The molecular formula is C26H26Cl2N2O4S. The number of fused-ring (bicyclic) bond motifs is 1.